The first-order chi connectivity index (χ1) is 13.5. The first-order valence-corrected chi connectivity index (χ1v) is 10.5. The monoisotopic (exact) mass is 418 g/mol. The molecule has 3 aromatic rings. The van der Waals surface area contributed by atoms with E-state index >= 15 is 0 Å². The molecule has 1 fully saturated rings. The summed E-state index contributed by atoms with van der Waals surface area (Å²) in [5, 5.41) is 2.77. The van der Waals surface area contributed by atoms with E-state index in [1.807, 2.05) is 17.5 Å². The lowest BCUT2D eigenvalue weighted by Crippen LogP contribution is -2.40. The number of amides is 1. The van der Waals surface area contributed by atoms with Crippen molar-refractivity contribution in [1.29, 1.82) is 0 Å². The van der Waals surface area contributed by atoms with Crippen LogP contribution in [-0.4, -0.2) is 34.7 Å². The van der Waals surface area contributed by atoms with Crippen molar-refractivity contribution in [3.05, 3.63) is 64.0 Å². The Morgan fingerprint density at radius 2 is 1.93 bits per heavy atom. The summed E-state index contributed by atoms with van der Waals surface area (Å²) < 4.78 is 27.2. The van der Waals surface area contributed by atoms with Crippen LogP contribution in [0.2, 0.25) is 0 Å². The number of ketones is 1. The highest BCUT2D eigenvalue weighted by Crippen LogP contribution is 2.30. The van der Waals surface area contributed by atoms with Gasteiger partial charge in [0.25, 0.3) is 5.91 Å². The van der Waals surface area contributed by atoms with Gasteiger partial charge in [-0.1, -0.05) is 6.07 Å². The number of Topliss-reactive ketones (excluding diaryl/α,β-unsaturated/α-hetero) is 1. The summed E-state index contributed by atoms with van der Waals surface area (Å²) in [6, 6.07) is 6.80. The summed E-state index contributed by atoms with van der Waals surface area (Å²) >= 11 is 2.92. The van der Waals surface area contributed by atoms with Crippen LogP contribution in [0.15, 0.2) is 41.9 Å². The number of rotatable bonds is 4. The van der Waals surface area contributed by atoms with Crippen LogP contribution in [0.25, 0.3) is 9.88 Å². The fourth-order valence-corrected chi connectivity index (χ4v) is 4.98. The first kappa shape index (κ1) is 18.9. The number of piperidine rings is 1. The predicted octanol–water partition coefficient (Wildman–Crippen LogP) is 4.88. The summed E-state index contributed by atoms with van der Waals surface area (Å²) in [7, 11) is 0. The zero-order chi connectivity index (χ0) is 19.7. The Bertz CT molecular complexity index is 1010. The highest BCUT2D eigenvalue weighted by molar-refractivity contribution is 7.21. The van der Waals surface area contributed by atoms with Crippen LogP contribution in [0.3, 0.4) is 0 Å². The van der Waals surface area contributed by atoms with Gasteiger partial charge in [-0.05, 0) is 42.5 Å². The molecule has 144 valence electrons. The number of halogens is 2. The standard InChI is InChI=1S/C20H16F2N2O2S2/c21-13-3-4-15(22)14(10-13)18(25)12-5-7-24(8-6-12)20(26)17-11-23-19(28-17)16-2-1-9-27-16/h1-4,9-12H,5-8H2. The van der Waals surface area contributed by atoms with Crippen LogP contribution in [0.5, 0.6) is 0 Å². The third kappa shape index (κ3) is 3.74. The average molecular weight is 418 g/mol. The second kappa shape index (κ2) is 7.89. The Labute approximate surface area is 168 Å². The maximum atomic E-state index is 13.9. The summed E-state index contributed by atoms with van der Waals surface area (Å²) in [4.78, 5) is 32.9. The van der Waals surface area contributed by atoms with Gasteiger partial charge in [-0.2, -0.15) is 0 Å². The van der Waals surface area contributed by atoms with E-state index in [2.05, 4.69) is 4.98 Å². The molecule has 4 nitrogen and oxygen atoms in total. The minimum Gasteiger partial charge on any atom is -0.338 e. The highest BCUT2D eigenvalue weighted by Gasteiger charge is 2.30. The Balaban J connectivity index is 1.40. The zero-order valence-electron chi connectivity index (χ0n) is 14.7. The molecule has 2 aromatic heterocycles. The number of carbonyl (C=O) groups is 2. The van der Waals surface area contributed by atoms with Gasteiger partial charge in [0.2, 0.25) is 0 Å². The SMILES string of the molecule is O=C(c1cc(F)ccc1F)C1CCN(C(=O)c2cnc(-c3cccs3)s2)CC1. The van der Waals surface area contributed by atoms with Crippen molar-refractivity contribution < 1.29 is 18.4 Å². The van der Waals surface area contributed by atoms with Gasteiger partial charge in [0.15, 0.2) is 5.78 Å². The van der Waals surface area contributed by atoms with E-state index in [4.69, 9.17) is 0 Å². The van der Waals surface area contributed by atoms with Crippen molar-refractivity contribution >= 4 is 34.4 Å². The van der Waals surface area contributed by atoms with E-state index in [-0.39, 0.29) is 11.5 Å². The minimum atomic E-state index is -0.712. The summed E-state index contributed by atoms with van der Waals surface area (Å²) in [5.74, 6) is -2.27. The average Bonchev–Trinajstić information content (AvgIpc) is 3.40. The molecule has 0 bridgehead atoms. The molecule has 1 aliphatic heterocycles. The number of hydrogen-bond acceptors (Lipinski definition) is 5. The molecule has 1 amide bonds. The number of hydrogen-bond donors (Lipinski definition) is 0. The predicted molar refractivity (Wildman–Crippen MR) is 105 cm³/mol. The second-order valence-corrected chi connectivity index (χ2v) is 8.54. The largest absolute Gasteiger partial charge is 0.338 e. The van der Waals surface area contributed by atoms with E-state index in [9.17, 15) is 18.4 Å². The molecule has 0 radical (unpaired) electrons. The van der Waals surface area contributed by atoms with Crippen LogP contribution in [-0.2, 0) is 0 Å². The number of benzene rings is 1. The van der Waals surface area contributed by atoms with Crippen molar-refractivity contribution in [2.75, 3.05) is 13.1 Å². The van der Waals surface area contributed by atoms with E-state index in [0.29, 0.717) is 30.8 Å². The molecule has 4 rings (SSSR count). The summed E-state index contributed by atoms with van der Waals surface area (Å²) in [6.45, 7) is 0.802. The molecule has 1 aliphatic rings. The van der Waals surface area contributed by atoms with Gasteiger partial charge in [0.1, 0.15) is 21.5 Å². The van der Waals surface area contributed by atoms with E-state index < -0.39 is 23.3 Å². The third-order valence-electron chi connectivity index (χ3n) is 4.80. The molecule has 28 heavy (non-hydrogen) atoms. The van der Waals surface area contributed by atoms with E-state index in [1.165, 1.54) is 11.3 Å². The third-order valence-corrected chi connectivity index (χ3v) is 6.82. The number of carbonyl (C=O) groups excluding carboxylic acids is 2. The Morgan fingerprint density at radius 3 is 2.64 bits per heavy atom. The van der Waals surface area contributed by atoms with Gasteiger partial charge in [0.05, 0.1) is 16.6 Å². The van der Waals surface area contributed by atoms with Crippen molar-refractivity contribution in [2.45, 2.75) is 12.8 Å². The molecule has 0 atom stereocenters. The van der Waals surface area contributed by atoms with Gasteiger partial charge >= 0.3 is 0 Å². The topological polar surface area (TPSA) is 50.3 Å². The Hall–Kier alpha value is -2.45. The Morgan fingerprint density at radius 1 is 1.14 bits per heavy atom. The molecule has 0 spiro atoms. The maximum absolute atomic E-state index is 13.9. The molecular weight excluding hydrogens is 402 g/mol. The highest BCUT2D eigenvalue weighted by atomic mass is 32.1. The smallest absolute Gasteiger partial charge is 0.265 e. The molecule has 0 N–H and O–H groups in total. The molecular formula is C20H16F2N2O2S2. The van der Waals surface area contributed by atoms with E-state index in [1.54, 1.807) is 22.4 Å². The van der Waals surface area contributed by atoms with Crippen LogP contribution < -0.4 is 0 Å². The number of nitrogens with zero attached hydrogens (tertiary/aromatic N) is 2. The van der Waals surface area contributed by atoms with Crippen molar-refractivity contribution in [2.24, 2.45) is 5.92 Å². The maximum Gasteiger partial charge on any atom is 0.265 e. The first-order valence-electron chi connectivity index (χ1n) is 8.81. The molecule has 3 heterocycles. The fourth-order valence-electron chi connectivity index (χ4n) is 3.29. The van der Waals surface area contributed by atoms with Gasteiger partial charge in [-0.3, -0.25) is 9.59 Å². The number of thiazole rings is 1. The number of aromatic nitrogens is 1. The molecule has 0 unspecified atom stereocenters. The van der Waals surface area contributed by atoms with Gasteiger partial charge in [-0.15, -0.1) is 22.7 Å². The van der Waals surface area contributed by atoms with Gasteiger partial charge in [0, 0.05) is 19.0 Å². The van der Waals surface area contributed by atoms with Gasteiger partial charge in [-0.25, -0.2) is 13.8 Å². The molecule has 1 saturated heterocycles. The van der Waals surface area contributed by atoms with Crippen LogP contribution in [0, 0.1) is 17.6 Å². The van der Waals surface area contributed by atoms with Crippen molar-refractivity contribution in [1.82, 2.24) is 9.88 Å². The lowest BCUT2D eigenvalue weighted by atomic mass is 9.88. The Kier molecular flexibility index (Phi) is 5.32. The molecule has 0 saturated carbocycles. The lowest BCUT2D eigenvalue weighted by molar-refractivity contribution is 0.0652. The fraction of sp³-hybridized carbons (Fsp3) is 0.250. The normalized spacial score (nSPS) is 15.0. The van der Waals surface area contributed by atoms with Gasteiger partial charge < -0.3 is 4.90 Å². The minimum absolute atomic E-state index is 0.108. The van der Waals surface area contributed by atoms with Crippen LogP contribution in [0.4, 0.5) is 8.78 Å². The summed E-state index contributed by atoms with van der Waals surface area (Å²) in [5.41, 5.74) is -0.215. The van der Waals surface area contributed by atoms with Crippen molar-refractivity contribution in [3.8, 4) is 9.88 Å². The lowest BCUT2D eigenvalue weighted by Gasteiger charge is -2.31. The van der Waals surface area contributed by atoms with Crippen LogP contribution >= 0.6 is 22.7 Å². The molecule has 8 heteroatoms. The molecule has 1 aromatic carbocycles. The number of likely N-dealkylation sites (tertiary alicyclic amines) is 1. The zero-order valence-corrected chi connectivity index (χ0v) is 16.4. The second-order valence-electron chi connectivity index (χ2n) is 6.56. The van der Waals surface area contributed by atoms with Crippen LogP contribution in [0.1, 0.15) is 32.9 Å². The quantitative estimate of drug-likeness (QED) is 0.567. The number of thiophene rings is 1. The van der Waals surface area contributed by atoms with Crippen molar-refractivity contribution in [3.63, 3.8) is 0 Å². The van der Waals surface area contributed by atoms with E-state index in [0.717, 1.165) is 28.1 Å². The molecule has 0 aliphatic carbocycles. The summed E-state index contributed by atoms with van der Waals surface area (Å²) in [6.07, 6.45) is 2.44.